The Bertz CT molecular complexity index is 1310. The minimum absolute atomic E-state index is 0.460. The molecule has 0 amide bonds. The average molecular weight is 581 g/mol. The molecule has 8 nitrogen and oxygen atoms in total. The minimum Gasteiger partial charge on any atom is -0.741 e. The summed E-state index contributed by atoms with van der Waals surface area (Å²) in [5.74, 6) is 8.22. The van der Waals surface area contributed by atoms with Gasteiger partial charge in [0.15, 0.2) is 15.8 Å². The lowest BCUT2D eigenvalue weighted by Gasteiger charge is -2.49. The molecule has 0 spiro atoms. The predicted molar refractivity (Wildman–Crippen MR) is 138 cm³/mol. The highest BCUT2D eigenvalue weighted by Crippen LogP contribution is 2.34. The number of fused-ring (bicyclic) bond motifs is 3. The third kappa shape index (κ3) is 8.13. The Labute approximate surface area is 232 Å². The molecule has 0 saturated carbocycles. The van der Waals surface area contributed by atoms with Crippen LogP contribution in [0.25, 0.3) is 0 Å². The summed E-state index contributed by atoms with van der Waals surface area (Å²) >= 11 is 0. The summed E-state index contributed by atoms with van der Waals surface area (Å²) in [4.78, 5) is 4.70. The first-order chi connectivity index (χ1) is 19.0. The largest absolute Gasteiger partial charge is 0.741 e. The summed E-state index contributed by atoms with van der Waals surface area (Å²) in [5.41, 5.74) is -3.21. The summed E-state index contributed by atoms with van der Waals surface area (Å²) < 4.78 is 77.3. The van der Waals surface area contributed by atoms with Crippen molar-refractivity contribution in [2.75, 3.05) is 26.2 Å². The third-order valence-corrected chi connectivity index (χ3v) is 7.84. The van der Waals surface area contributed by atoms with Gasteiger partial charge in [0.25, 0.3) is 6.29 Å². The van der Waals surface area contributed by atoms with E-state index in [1.807, 2.05) is 42.5 Å². The van der Waals surface area contributed by atoms with Gasteiger partial charge < -0.3 is 23.2 Å². The van der Waals surface area contributed by atoms with Gasteiger partial charge in [-0.2, -0.15) is 13.2 Å². The molecule has 12 heteroatoms. The van der Waals surface area contributed by atoms with Crippen LogP contribution < -0.4 is 4.74 Å². The molecule has 2 aromatic rings. The van der Waals surface area contributed by atoms with E-state index >= 15 is 0 Å². The molecule has 1 aromatic heterocycles. The zero-order chi connectivity index (χ0) is 28.6. The Balaban J connectivity index is 0.000000406. The fraction of sp³-hybridized carbons (Fsp3) is 0.464. The van der Waals surface area contributed by atoms with Crippen LogP contribution in [0, 0.1) is 17.8 Å². The number of unbranched alkanes of at least 4 members (excludes halogenated alkanes) is 1. The second-order valence-corrected chi connectivity index (χ2v) is 11.4. The van der Waals surface area contributed by atoms with Gasteiger partial charge in [-0.05, 0) is 48.8 Å². The molecule has 5 heterocycles. The molecule has 6 rings (SSSR count). The molecule has 2 bridgehead atoms. The lowest BCUT2D eigenvalue weighted by atomic mass is 9.85. The van der Waals surface area contributed by atoms with Gasteiger partial charge in [-0.25, -0.2) is 13.4 Å². The first-order valence-corrected chi connectivity index (χ1v) is 14.5. The number of benzene rings is 1. The van der Waals surface area contributed by atoms with Gasteiger partial charge in [-0.1, -0.05) is 36.3 Å². The molecule has 4 aliphatic rings. The molecule has 0 N–H and O–H groups in total. The van der Waals surface area contributed by atoms with Crippen molar-refractivity contribution in [2.45, 2.75) is 50.5 Å². The number of piperidine rings is 3. The van der Waals surface area contributed by atoms with E-state index in [0.29, 0.717) is 18.1 Å². The number of quaternary nitrogens is 1. The van der Waals surface area contributed by atoms with E-state index in [1.54, 1.807) is 0 Å². The number of halogens is 3. The Kier molecular flexibility index (Phi) is 9.60. The van der Waals surface area contributed by atoms with Gasteiger partial charge in [0.05, 0.1) is 26.2 Å². The maximum absolute atomic E-state index is 10.7. The first-order valence-electron chi connectivity index (χ1n) is 13.0. The number of aromatic nitrogens is 1. The van der Waals surface area contributed by atoms with E-state index in [-0.39, 0.29) is 0 Å². The molecule has 1 aromatic carbocycles. The zero-order valence-corrected chi connectivity index (χ0v) is 22.6. The van der Waals surface area contributed by atoms with E-state index in [9.17, 15) is 13.2 Å². The summed E-state index contributed by atoms with van der Waals surface area (Å²) in [7, 11) is -6.09. The number of rotatable bonds is 7. The molecular formula is C28H31F3N2O6S. The van der Waals surface area contributed by atoms with Gasteiger partial charge in [-0.15, -0.1) is 0 Å². The van der Waals surface area contributed by atoms with Gasteiger partial charge >= 0.3 is 5.51 Å². The van der Waals surface area contributed by atoms with Crippen molar-refractivity contribution in [3.63, 3.8) is 0 Å². The highest BCUT2D eigenvalue weighted by atomic mass is 32.2. The first kappa shape index (κ1) is 29.7. The number of hydrogen-bond acceptors (Lipinski definition) is 7. The number of alkyl halides is 3. The molecule has 0 aliphatic carbocycles. The standard InChI is InChI=1S/C27H31N2O3.CHF3O3S/c1-3-7-23(8-4-1)21-32-25-11-10-24(28-26(25)27-30-19-20-31-27)9-5-2-6-15-29-16-12-22(13-17-29)14-18-29;2-1(3,4)8(5,6)7/h1,3-4,7-8,10-11,19-20,22,27H,2,6,12-18,21H2;(H,5,6,7)/q+1;/p-1. The lowest BCUT2D eigenvalue weighted by molar-refractivity contribution is -0.942. The second-order valence-electron chi connectivity index (χ2n) is 10.0. The van der Waals surface area contributed by atoms with Crippen molar-refractivity contribution in [1.29, 1.82) is 0 Å². The molecule has 0 unspecified atom stereocenters. The fourth-order valence-electron chi connectivity index (χ4n) is 5.05. The molecule has 40 heavy (non-hydrogen) atoms. The van der Waals surface area contributed by atoms with Crippen LogP contribution in [0.5, 0.6) is 5.75 Å². The highest BCUT2D eigenvalue weighted by molar-refractivity contribution is 7.86. The van der Waals surface area contributed by atoms with Crippen LogP contribution in [0.1, 0.15) is 55.3 Å². The van der Waals surface area contributed by atoms with Crippen molar-refractivity contribution in [1.82, 2.24) is 4.98 Å². The van der Waals surface area contributed by atoms with Gasteiger partial charge in [0.1, 0.15) is 30.6 Å². The van der Waals surface area contributed by atoms with Crippen molar-refractivity contribution < 1.29 is 44.8 Å². The second kappa shape index (κ2) is 12.9. The van der Waals surface area contributed by atoms with Crippen LogP contribution >= 0.6 is 0 Å². The van der Waals surface area contributed by atoms with Crippen LogP contribution in [0.3, 0.4) is 0 Å². The average Bonchev–Trinajstić information content (AvgIpc) is 3.48. The van der Waals surface area contributed by atoms with E-state index in [1.165, 1.54) is 62.4 Å². The monoisotopic (exact) mass is 580 g/mol. The summed E-state index contributed by atoms with van der Waals surface area (Å²) in [6.07, 6.45) is 8.81. The number of nitrogens with zero attached hydrogens (tertiary/aromatic N) is 2. The van der Waals surface area contributed by atoms with E-state index in [0.717, 1.165) is 30.0 Å². The molecular weight excluding hydrogens is 549 g/mol. The smallest absolute Gasteiger partial charge is 0.485 e. The number of ether oxygens (including phenoxy) is 3. The predicted octanol–water partition coefficient (Wildman–Crippen LogP) is 4.99. The summed E-state index contributed by atoms with van der Waals surface area (Å²) in [5, 5.41) is 0. The van der Waals surface area contributed by atoms with Crippen LogP contribution in [-0.4, -0.2) is 54.1 Å². The summed E-state index contributed by atoms with van der Waals surface area (Å²) in [6, 6.07) is 13.9. The van der Waals surface area contributed by atoms with Crippen LogP contribution in [0.2, 0.25) is 0 Å². The Morgan fingerprint density at radius 3 is 2.25 bits per heavy atom. The van der Waals surface area contributed by atoms with Crippen LogP contribution in [-0.2, 0) is 26.2 Å². The quantitative estimate of drug-likeness (QED) is 0.150. The highest BCUT2D eigenvalue weighted by Gasteiger charge is 2.39. The van der Waals surface area contributed by atoms with Gasteiger partial charge in [0.2, 0.25) is 0 Å². The zero-order valence-electron chi connectivity index (χ0n) is 21.8. The van der Waals surface area contributed by atoms with Crippen LogP contribution in [0.4, 0.5) is 13.2 Å². The van der Waals surface area contributed by atoms with Crippen molar-refractivity contribution in [3.8, 4) is 17.6 Å². The van der Waals surface area contributed by atoms with E-state index in [4.69, 9.17) is 32.2 Å². The van der Waals surface area contributed by atoms with E-state index < -0.39 is 21.9 Å². The minimum atomic E-state index is -6.09. The maximum Gasteiger partial charge on any atom is 0.485 e. The maximum atomic E-state index is 10.7. The third-order valence-electron chi connectivity index (χ3n) is 7.28. The number of pyridine rings is 1. The van der Waals surface area contributed by atoms with Gasteiger partial charge in [-0.3, -0.25) is 0 Å². The van der Waals surface area contributed by atoms with Crippen molar-refractivity contribution in [2.24, 2.45) is 5.92 Å². The topological polar surface area (TPSA) is 97.8 Å². The summed E-state index contributed by atoms with van der Waals surface area (Å²) in [6.45, 7) is 5.86. The Hall–Kier alpha value is -3.27. The molecule has 3 saturated heterocycles. The molecule has 0 atom stereocenters. The Morgan fingerprint density at radius 1 is 1.02 bits per heavy atom. The molecule has 3 fully saturated rings. The van der Waals surface area contributed by atoms with Gasteiger partial charge in [0, 0.05) is 12.8 Å². The normalized spacial score (nSPS) is 21.9. The molecule has 216 valence electrons. The molecule has 4 aliphatic heterocycles. The SMILES string of the molecule is C(#Cc1ccc(OCc2ccccc2)c(C2OC=CO2)n1)CCC[N+]12CCC(CC1)CC2.O=S(=O)([O-])C(F)(F)F. The fourth-order valence-corrected chi connectivity index (χ4v) is 5.05. The van der Waals surface area contributed by atoms with Crippen molar-refractivity contribution in [3.05, 3.63) is 71.9 Å². The Morgan fingerprint density at radius 2 is 1.65 bits per heavy atom. The number of hydrogen-bond donors (Lipinski definition) is 0. The van der Waals surface area contributed by atoms with Crippen LogP contribution in [0.15, 0.2) is 55.0 Å². The van der Waals surface area contributed by atoms with E-state index in [2.05, 4.69) is 11.8 Å². The molecule has 0 radical (unpaired) electrons. The van der Waals surface area contributed by atoms with Crippen molar-refractivity contribution >= 4 is 10.1 Å². The lowest BCUT2D eigenvalue weighted by Crippen LogP contribution is -2.58.